The molecule has 0 aromatic heterocycles. The molecule has 70 heavy (non-hydrogen) atoms. The first-order valence-electron chi connectivity index (χ1n) is 22.7. The van der Waals surface area contributed by atoms with Gasteiger partial charge >= 0.3 is 410 Å². The maximum absolute atomic E-state index is 14.4. The van der Waals surface area contributed by atoms with Crippen LogP contribution in [-0.4, -0.2) is 9.52 Å². The van der Waals surface area contributed by atoms with Gasteiger partial charge in [0.25, 0.3) is 0 Å². The minimum atomic E-state index is -6.50. The van der Waals surface area contributed by atoms with Crippen LogP contribution in [0.2, 0.25) is 0 Å². The van der Waals surface area contributed by atoms with E-state index in [0.29, 0.717) is 62.3 Å². The van der Waals surface area contributed by atoms with Crippen LogP contribution in [0.4, 0.5) is 52.7 Å². The van der Waals surface area contributed by atoms with Crippen molar-refractivity contribution >= 4 is 52.3 Å². The Bertz CT molecular complexity index is 2970. The molecule has 0 nitrogen and oxygen atoms in total. The van der Waals surface area contributed by atoms with E-state index in [0.717, 1.165) is 56.9 Å². The van der Waals surface area contributed by atoms with Crippen molar-refractivity contribution in [3.05, 3.63) is 170 Å². The van der Waals surface area contributed by atoms with Crippen LogP contribution in [-0.2, 0) is 41.1 Å². The van der Waals surface area contributed by atoms with Crippen LogP contribution >= 0.6 is 17.0 Å². The van der Waals surface area contributed by atoms with Crippen LogP contribution < -0.4 is 13.6 Å². The Labute approximate surface area is 407 Å². The molecule has 0 fully saturated rings. The predicted octanol–water partition coefficient (Wildman–Crippen LogP) is 16.3. The summed E-state index contributed by atoms with van der Waals surface area (Å²) in [5, 5.41) is 2.11. The van der Waals surface area contributed by atoms with Crippen LogP contribution in [0.25, 0.3) is 45.5 Å². The van der Waals surface area contributed by atoms with Crippen molar-refractivity contribution in [2.24, 2.45) is 0 Å². The normalized spacial score (nSPS) is 17.7. The fourth-order valence-electron chi connectivity index (χ4n) is 11.5. The van der Waals surface area contributed by atoms with Gasteiger partial charge in [0.1, 0.15) is 0 Å². The third kappa shape index (κ3) is 8.38. The van der Waals surface area contributed by atoms with E-state index >= 15 is 0 Å². The summed E-state index contributed by atoms with van der Waals surface area (Å²) in [6.07, 6.45) is -15.0. The number of halogens is 14. The van der Waals surface area contributed by atoms with Crippen molar-refractivity contribution in [3.8, 4) is 33.4 Å². The Morgan fingerprint density at radius 1 is 0.500 bits per heavy atom. The van der Waals surface area contributed by atoms with Crippen molar-refractivity contribution in [1.29, 1.82) is 0 Å². The van der Waals surface area contributed by atoms with Crippen molar-refractivity contribution in [2.45, 2.75) is 85.3 Å². The Morgan fingerprint density at radius 2 is 0.900 bits per heavy atom. The molecule has 1 aliphatic heterocycles. The van der Waals surface area contributed by atoms with Crippen LogP contribution in [0.3, 0.4) is 0 Å². The number of allylic oxidation sites excluding steroid dienone is 2. The van der Waals surface area contributed by atoms with Gasteiger partial charge in [-0.15, -0.1) is 0 Å². The Balaban J connectivity index is 1.38. The molecule has 6 aromatic carbocycles. The molecular formula is C54H43Cl2F12SiZr. The van der Waals surface area contributed by atoms with Crippen LogP contribution in [0.5, 0.6) is 0 Å². The summed E-state index contributed by atoms with van der Waals surface area (Å²) in [5.74, 6) is 0. The van der Waals surface area contributed by atoms with Crippen molar-refractivity contribution < 1.29 is 69.1 Å². The quantitative estimate of drug-likeness (QED) is 0.0998. The number of fused-ring (bicyclic) bond motifs is 5. The monoisotopic (exact) mass is 1110 g/mol. The van der Waals surface area contributed by atoms with Gasteiger partial charge in [0, 0.05) is 0 Å². The zero-order valence-electron chi connectivity index (χ0n) is 38.0. The van der Waals surface area contributed by atoms with Gasteiger partial charge in [0.15, 0.2) is 0 Å². The molecule has 2 aliphatic carbocycles. The minimum absolute atomic E-state index is 0.0907. The summed E-state index contributed by atoms with van der Waals surface area (Å²) in [4.78, 5) is 0. The van der Waals surface area contributed by atoms with Crippen molar-refractivity contribution in [3.63, 3.8) is 0 Å². The molecule has 0 saturated carbocycles. The Kier molecular flexibility index (Phi) is 12.6. The van der Waals surface area contributed by atoms with Gasteiger partial charge < -0.3 is 0 Å². The Morgan fingerprint density at radius 3 is 1.30 bits per heavy atom. The number of alkyl halides is 12. The molecule has 3 aliphatic rings. The number of hydrogen-bond acceptors (Lipinski definition) is 0. The molecule has 365 valence electrons. The molecule has 0 bridgehead atoms. The van der Waals surface area contributed by atoms with E-state index in [1.165, 1.54) is 0 Å². The molecule has 0 amide bonds. The third-order valence-electron chi connectivity index (χ3n) is 14.3. The zero-order chi connectivity index (χ0) is 50.7. The number of rotatable bonds is 9. The zero-order valence-corrected chi connectivity index (χ0v) is 43.3. The van der Waals surface area contributed by atoms with E-state index in [1.807, 2.05) is 62.4 Å². The standard InChI is InChI=1S/2C21H17F6.C12H9Si.2ClH.Zr/c2*1-3-4-13-7-14-6-5-12(2)19(18(14)8-13)15-9-16(20(22,23)24)11-17(10-15)21(25,26)27;1-3-7-11-9(5-1)10-6-2-4-8-12(10)13-11;;;/h2*5-11H,3-4H2,1-2H3;1-7H,13H2;2*1H;/q;;;;;+2/p-2. The molecule has 2 unspecified atom stereocenters. The Hall–Kier alpha value is -4.36. The number of hydrogen-bond donors (Lipinski definition) is 0. The SMILES string of the molecule is CCCC1=Cc2c(ccc(C)c2-c2cc(C(F)(F)F)cc(C(F)(F)F)c2)[CH]1[Zr]([Cl])([Cl])([c]1cccc2c1[SiH2]c1ccccc1-2)[CH]1C(CCC)=Cc2c1ccc(C)c2-c1cc(C(F)(F)F)cc(C(F)(F)F)c1. The molecule has 2 atom stereocenters. The summed E-state index contributed by atoms with van der Waals surface area (Å²) in [7, 11) is 16.7. The topological polar surface area (TPSA) is 0 Å². The van der Waals surface area contributed by atoms with Gasteiger partial charge in [-0.2, -0.15) is 0 Å². The van der Waals surface area contributed by atoms with Crippen LogP contribution in [0.1, 0.15) is 102 Å². The predicted molar refractivity (Wildman–Crippen MR) is 256 cm³/mol. The fraction of sp³-hybridized carbons (Fsp3) is 0.259. The van der Waals surface area contributed by atoms with E-state index in [-0.39, 0.29) is 34.4 Å². The van der Waals surface area contributed by atoms with E-state index in [2.05, 4.69) is 6.07 Å². The number of benzene rings is 6. The first-order valence-corrected chi connectivity index (χ1v) is 34.5. The average molecular weight is 1110 g/mol. The summed E-state index contributed by atoms with van der Waals surface area (Å²) >= 11 is -6.50. The molecule has 0 radical (unpaired) electrons. The molecule has 16 heteroatoms. The van der Waals surface area contributed by atoms with Gasteiger partial charge in [-0.3, -0.25) is 0 Å². The summed E-state index contributed by atoms with van der Waals surface area (Å²) < 4.78 is 172. The molecule has 9 rings (SSSR count). The fourth-order valence-corrected chi connectivity index (χ4v) is 39.5. The molecule has 0 N–H and O–H groups in total. The molecule has 0 saturated heterocycles. The summed E-state index contributed by atoms with van der Waals surface area (Å²) in [5.41, 5.74) is -0.224. The van der Waals surface area contributed by atoms with Crippen molar-refractivity contribution in [1.82, 2.24) is 0 Å². The molecule has 6 aromatic rings. The van der Waals surface area contributed by atoms with E-state index in [1.54, 1.807) is 38.1 Å². The van der Waals surface area contributed by atoms with Gasteiger partial charge in [-0.05, 0) is 0 Å². The van der Waals surface area contributed by atoms with Gasteiger partial charge in [-0.1, -0.05) is 0 Å². The summed E-state index contributed by atoms with van der Waals surface area (Å²) in [6, 6.07) is 23.7. The number of aryl methyl sites for hydroxylation is 2. The second kappa shape index (κ2) is 17.4. The van der Waals surface area contributed by atoms with Gasteiger partial charge in [0.2, 0.25) is 0 Å². The van der Waals surface area contributed by atoms with Crippen molar-refractivity contribution in [2.75, 3.05) is 0 Å². The van der Waals surface area contributed by atoms with Crippen LogP contribution in [0, 0.1) is 13.8 Å². The van der Waals surface area contributed by atoms with Crippen LogP contribution in [0.15, 0.2) is 114 Å². The van der Waals surface area contributed by atoms with Gasteiger partial charge in [0.05, 0.1) is 0 Å². The summed E-state index contributed by atoms with van der Waals surface area (Å²) in [6.45, 7) is 7.08. The van der Waals surface area contributed by atoms with E-state index < -0.39 is 80.1 Å². The molecule has 0 spiro atoms. The van der Waals surface area contributed by atoms with Gasteiger partial charge in [-0.25, -0.2) is 0 Å². The average Bonchev–Trinajstić information content (AvgIpc) is 3.97. The third-order valence-corrected chi connectivity index (χ3v) is 37.0. The molecular weight excluding hydrogens is 1070 g/mol. The van der Waals surface area contributed by atoms with E-state index in [9.17, 15) is 52.7 Å². The second-order valence-corrected chi connectivity index (χ2v) is 41.2. The van der Waals surface area contributed by atoms with E-state index in [4.69, 9.17) is 17.0 Å². The molecule has 1 heterocycles. The second-order valence-electron chi connectivity index (χ2n) is 18.7. The maximum atomic E-state index is 14.4. The first-order chi connectivity index (χ1) is 32.7. The first kappa shape index (κ1) is 50.6.